The van der Waals surface area contributed by atoms with Crippen molar-refractivity contribution in [2.75, 3.05) is 6.61 Å². The van der Waals surface area contributed by atoms with Gasteiger partial charge in [0.2, 0.25) is 0 Å². The first-order chi connectivity index (χ1) is 10.7. The van der Waals surface area contributed by atoms with E-state index in [1.54, 1.807) is 6.92 Å². The molecule has 1 rings (SSSR count). The number of ether oxygens (including phenoxy) is 1. The Kier molecular flexibility index (Phi) is 6.51. The van der Waals surface area contributed by atoms with Crippen LogP contribution < -0.4 is 16.6 Å². The zero-order valence-corrected chi connectivity index (χ0v) is 12.1. The number of aliphatic hydroxyl groups excluding tert-OH is 1. The summed E-state index contributed by atoms with van der Waals surface area (Å²) in [5.41, 5.74) is -1.99. The van der Waals surface area contributed by atoms with E-state index in [0.717, 1.165) is 10.8 Å². The number of carbonyl (C=O) groups excluding carboxylic acids is 1. The predicted octanol–water partition coefficient (Wildman–Crippen LogP) is -0.540. The second-order valence-corrected chi connectivity index (χ2v) is 4.57. The molecular formula is C12H16F3N3O5. The van der Waals surface area contributed by atoms with Gasteiger partial charge in [-0.1, -0.05) is 6.92 Å². The van der Waals surface area contributed by atoms with Gasteiger partial charge in [-0.05, 0) is 6.42 Å². The fraction of sp³-hybridized carbons (Fsp3) is 0.583. The lowest BCUT2D eigenvalue weighted by Crippen LogP contribution is -2.39. The van der Waals surface area contributed by atoms with Crippen molar-refractivity contribution in [2.45, 2.75) is 38.9 Å². The molecule has 3 N–H and O–H groups in total. The maximum atomic E-state index is 12.1. The van der Waals surface area contributed by atoms with E-state index >= 15 is 0 Å². The number of hydrogen-bond acceptors (Lipinski definition) is 5. The number of nitrogens with zero attached hydrogens (tertiary/aromatic N) is 1. The van der Waals surface area contributed by atoms with Crippen LogP contribution >= 0.6 is 0 Å². The van der Waals surface area contributed by atoms with Crippen LogP contribution in [0.1, 0.15) is 18.9 Å². The minimum atomic E-state index is -5.07. The van der Waals surface area contributed by atoms with Crippen LogP contribution in [0.15, 0.2) is 15.8 Å². The Balaban J connectivity index is 2.85. The van der Waals surface area contributed by atoms with E-state index < -0.39 is 36.0 Å². The standard InChI is InChI=1S/C12H16F3N3O5/c1-2-8(5-19)23-6-18-4-7(9(20)17-11(18)22)3-16-10(21)12(13,14)15/h4,8,19H,2-3,5-6H2,1H3,(H,16,21)(H,17,20,22)/t8-/m0/s1. The van der Waals surface area contributed by atoms with Gasteiger partial charge in [-0.15, -0.1) is 0 Å². The Bertz CT molecular complexity index is 649. The van der Waals surface area contributed by atoms with E-state index in [-0.39, 0.29) is 18.9 Å². The van der Waals surface area contributed by atoms with Crippen LogP contribution in [0.2, 0.25) is 0 Å². The Morgan fingerprint density at radius 3 is 2.65 bits per heavy atom. The molecule has 8 nitrogen and oxygen atoms in total. The number of amides is 1. The molecule has 0 unspecified atom stereocenters. The molecule has 0 bridgehead atoms. The summed E-state index contributed by atoms with van der Waals surface area (Å²) >= 11 is 0. The second-order valence-electron chi connectivity index (χ2n) is 4.57. The van der Waals surface area contributed by atoms with Gasteiger partial charge in [-0.25, -0.2) is 4.79 Å². The highest BCUT2D eigenvalue weighted by molar-refractivity contribution is 5.81. The number of hydrogen-bond donors (Lipinski definition) is 3. The number of aliphatic hydroxyl groups is 1. The van der Waals surface area contributed by atoms with Crippen LogP contribution in [0.25, 0.3) is 0 Å². The number of carbonyl (C=O) groups is 1. The maximum Gasteiger partial charge on any atom is 0.471 e. The zero-order chi connectivity index (χ0) is 17.6. The van der Waals surface area contributed by atoms with E-state index in [2.05, 4.69) is 0 Å². The first-order valence-electron chi connectivity index (χ1n) is 6.59. The van der Waals surface area contributed by atoms with Crippen molar-refractivity contribution in [3.8, 4) is 0 Å². The van der Waals surface area contributed by atoms with E-state index in [4.69, 9.17) is 9.84 Å². The van der Waals surface area contributed by atoms with Gasteiger partial charge >= 0.3 is 17.8 Å². The highest BCUT2D eigenvalue weighted by atomic mass is 19.4. The zero-order valence-electron chi connectivity index (χ0n) is 12.1. The quantitative estimate of drug-likeness (QED) is 0.617. The first-order valence-corrected chi connectivity index (χ1v) is 6.59. The summed E-state index contributed by atoms with van der Waals surface area (Å²) in [6.07, 6.45) is -4.13. The second kappa shape index (κ2) is 7.92. The van der Waals surface area contributed by atoms with Gasteiger partial charge in [0.05, 0.1) is 18.3 Å². The molecule has 1 heterocycles. The Labute approximate surface area is 127 Å². The molecule has 0 spiro atoms. The van der Waals surface area contributed by atoms with Crippen molar-refractivity contribution in [2.24, 2.45) is 0 Å². The fourth-order valence-electron chi connectivity index (χ4n) is 1.54. The number of aromatic nitrogens is 2. The summed E-state index contributed by atoms with van der Waals surface area (Å²) in [7, 11) is 0. The normalized spacial score (nSPS) is 12.9. The van der Waals surface area contributed by atoms with Gasteiger partial charge in [0.15, 0.2) is 0 Å². The molecule has 0 fully saturated rings. The third-order valence-corrected chi connectivity index (χ3v) is 2.89. The van der Waals surface area contributed by atoms with E-state index in [1.807, 2.05) is 4.98 Å². The van der Waals surface area contributed by atoms with Crippen LogP contribution in [0.5, 0.6) is 0 Å². The molecule has 0 saturated carbocycles. The number of H-pyrrole nitrogens is 1. The van der Waals surface area contributed by atoms with E-state index in [0.29, 0.717) is 6.42 Å². The third-order valence-electron chi connectivity index (χ3n) is 2.89. The number of halogens is 3. The summed E-state index contributed by atoms with van der Waals surface area (Å²) < 4.78 is 42.4. The monoisotopic (exact) mass is 339 g/mol. The molecule has 130 valence electrons. The van der Waals surface area contributed by atoms with Gasteiger partial charge in [0.1, 0.15) is 6.73 Å². The van der Waals surface area contributed by atoms with Crippen molar-refractivity contribution >= 4 is 5.91 Å². The summed E-state index contributed by atoms with van der Waals surface area (Å²) in [4.78, 5) is 35.7. The average molecular weight is 339 g/mol. The highest BCUT2D eigenvalue weighted by Crippen LogP contribution is 2.14. The predicted molar refractivity (Wildman–Crippen MR) is 71.5 cm³/mol. The molecule has 0 saturated heterocycles. The number of nitrogens with one attached hydrogen (secondary N) is 2. The average Bonchev–Trinajstić information content (AvgIpc) is 2.47. The van der Waals surface area contributed by atoms with Gasteiger partial charge in [0, 0.05) is 12.7 Å². The molecule has 23 heavy (non-hydrogen) atoms. The Hall–Kier alpha value is -2.14. The molecule has 0 aromatic carbocycles. The van der Waals surface area contributed by atoms with Crippen molar-refractivity contribution in [3.05, 3.63) is 32.6 Å². The molecule has 11 heteroatoms. The lowest BCUT2D eigenvalue weighted by Gasteiger charge is -2.14. The minimum absolute atomic E-state index is 0.247. The smallest absolute Gasteiger partial charge is 0.394 e. The van der Waals surface area contributed by atoms with Crippen LogP contribution in [-0.4, -0.2) is 39.5 Å². The first kappa shape index (κ1) is 18.9. The lowest BCUT2D eigenvalue weighted by atomic mass is 10.3. The van der Waals surface area contributed by atoms with E-state index in [1.165, 1.54) is 5.32 Å². The van der Waals surface area contributed by atoms with Crippen molar-refractivity contribution in [1.82, 2.24) is 14.9 Å². The largest absolute Gasteiger partial charge is 0.471 e. The molecule has 1 aromatic rings. The van der Waals surface area contributed by atoms with Crippen LogP contribution in [0.3, 0.4) is 0 Å². The number of alkyl halides is 3. The van der Waals surface area contributed by atoms with Crippen molar-refractivity contribution in [3.63, 3.8) is 0 Å². The third kappa shape index (κ3) is 5.53. The lowest BCUT2D eigenvalue weighted by molar-refractivity contribution is -0.173. The van der Waals surface area contributed by atoms with Crippen molar-refractivity contribution < 1.29 is 27.8 Å². The van der Waals surface area contributed by atoms with Gasteiger partial charge in [0.25, 0.3) is 5.56 Å². The van der Waals surface area contributed by atoms with Crippen LogP contribution in [0.4, 0.5) is 13.2 Å². The fourth-order valence-corrected chi connectivity index (χ4v) is 1.54. The molecule has 0 aliphatic rings. The molecule has 0 aliphatic heterocycles. The number of aromatic amines is 1. The summed E-state index contributed by atoms with van der Waals surface area (Å²) in [5.74, 6) is -2.20. The SMILES string of the molecule is CC[C@@H](CO)OCn1cc(CNC(=O)C(F)(F)F)c(=O)[nH]c1=O. The molecule has 0 radical (unpaired) electrons. The van der Waals surface area contributed by atoms with Crippen LogP contribution in [0, 0.1) is 0 Å². The summed E-state index contributed by atoms with van der Waals surface area (Å²) in [5, 5.41) is 10.5. The molecular weight excluding hydrogens is 323 g/mol. The molecule has 0 aliphatic carbocycles. The minimum Gasteiger partial charge on any atom is -0.394 e. The highest BCUT2D eigenvalue weighted by Gasteiger charge is 2.38. The Morgan fingerprint density at radius 2 is 2.13 bits per heavy atom. The topological polar surface area (TPSA) is 113 Å². The summed E-state index contributed by atoms with van der Waals surface area (Å²) in [6, 6.07) is 0. The summed E-state index contributed by atoms with van der Waals surface area (Å²) in [6.45, 7) is 0.456. The van der Waals surface area contributed by atoms with Crippen molar-refractivity contribution in [1.29, 1.82) is 0 Å². The van der Waals surface area contributed by atoms with Crippen LogP contribution in [-0.2, 0) is 22.8 Å². The van der Waals surface area contributed by atoms with Gasteiger partial charge < -0.3 is 15.2 Å². The molecule has 1 aromatic heterocycles. The van der Waals surface area contributed by atoms with E-state index in [9.17, 15) is 27.6 Å². The maximum absolute atomic E-state index is 12.1. The Morgan fingerprint density at radius 1 is 1.48 bits per heavy atom. The molecule has 1 atom stereocenters. The van der Waals surface area contributed by atoms with Gasteiger partial charge in [-0.3, -0.25) is 19.1 Å². The van der Waals surface area contributed by atoms with Gasteiger partial charge in [-0.2, -0.15) is 13.2 Å². The molecule has 1 amide bonds. The number of rotatable bonds is 7.